The van der Waals surface area contributed by atoms with E-state index in [-0.39, 0.29) is 5.70 Å². The molecule has 0 saturated carbocycles. The number of nitrogens with zero attached hydrogens (tertiary/aromatic N) is 4. The molecule has 1 aromatic heterocycles. The third-order valence-corrected chi connectivity index (χ3v) is 3.16. The van der Waals surface area contributed by atoms with Gasteiger partial charge in [-0.05, 0) is 35.9 Å². The number of hydrogen-bond acceptors (Lipinski definition) is 3. The second kappa shape index (κ2) is 5.57. The molecule has 0 spiro atoms. The Morgan fingerprint density at radius 2 is 1.57 bits per heavy atom. The van der Waals surface area contributed by atoms with Gasteiger partial charge in [0.2, 0.25) is 0 Å². The smallest absolute Gasteiger partial charge is 0.191 e. The third-order valence-electron chi connectivity index (χ3n) is 3.16. The predicted octanol–water partition coefficient (Wildman–Crippen LogP) is 3.97. The van der Waals surface area contributed by atoms with E-state index in [4.69, 9.17) is 0 Å². The molecular formula is C16H9F3N4. The Morgan fingerprint density at radius 3 is 2.04 bits per heavy atom. The molecule has 0 unspecified atom stereocenters. The van der Waals surface area contributed by atoms with Gasteiger partial charge in [-0.15, -0.1) is 15.0 Å². The summed E-state index contributed by atoms with van der Waals surface area (Å²) in [6.07, 6.45) is -2.96. The predicted molar refractivity (Wildman–Crippen MR) is 78.8 cm³/mol. The molecule has 0 aliphatic rings. The number of nitriles is 1. The minimum Gasteiger partial charge on any atom is -0.191 e. The summed E-state index contributed by atoms with van der Waals surface area (Å²) in [6.45, 7) is 0. The molecule has 0 fully saturated rings. The summed E-state index contributed by atoms with van der Waals surface area (Å²) in [5.74, 6) is 0. The first-order chi connectivity index (χ1) is 11.0. The SMILES string of the molecule is N#C/C(=C\c1ccc(C(F)(F)F)cc1)n1nc2ccccc2n1. The molecule has 0 aliphatic heterocycles. The van der Waals surface area contributed by atoms with Crippen LogP contribution >= 0.6 is 0 Å². The van der Waals surface area contributed by atoms with Gasteiger partial charge in [0, 0.05) is 0 Å². The summed E-state index contributed by atoms with van der Waals surface area (Å²) in [5.41, 5.74) is 1.08. The average Bonchev–Trinajstić information content (AvgIpc) is 2.96. The number of halogens is 3. The fourth-order valence-electron chi connectivity index (χ4n) is 2.03. The molecule has 23 heavy (non-hydrogen) atoms. The van der Waals surface area contributed by atoms with E-state index in [1.165, 1.54) is 23.0 Å². The Hall–Kier alpha value is -3.14. The summed E-state index contributed by atoms with van der Waals surface area (Å²) in [6, 6.07) is 13.6. The number of benzene rings is 2. The van der Waals surface area contributed by atoms with E-state index in [9.17, 15) is 18.4 Å². The highest BCUT2D eigenvalue weighted by molar-refractivity contribution is 5.81. The summed E-state index contributed by atoms with van der Waals surface area (Å²) < 4.78 is 37.6. The highest BCUT2D eigenvalue weighted by atomic mass is 19.4. The van der Waals surface area contributed by atoms with Crippen LogP contribution < -0.4 is 0 Å². The van der Waals surface area contributed by atoms with Gasteiger partial charge in [0.1, 0.15) is 17.1 Å². The molecule has 0 saturated heterocycles. The van der Waals surface area contributed by atoms with Crippen molar-refractivity contribution < 1.29 is 13.2 Å². The van der Waals surface area contributed by atoms with Gasteiger partial charge in [-0.2, -0.15) is 18.4 Å². The second-order valence-corrected chi connectivity index (χ2v) is 4.74. The highest BCUT2D eigenvalue weighted by Gasteiger charge is 2.29. The van der Waals surface area contributed by atoms with Gasteiger partial charge < -0.3 is 0 Å². The molecule has 0 amide bonds. The number of rotatable bonds is 2. The van der Waals surface area contributed by atoms with Gasteiger partial charge in [0.25, 0.3) is 0 Å². The van der Waals surface area contributed by atoms with E-state index in [1.807, 2.05) is 6.07 Å². The standard InChI is InChI=1S/C16H9F3N4/c17-16(18,19)12-7-5-11(6-8-12)9-13(10-20)23-21-14-3-1-2-4-15(14)22-23/h1-9H/b13-9+. The zero-order valence-corrected chi connectivity index (χ0v) is 11.6. The van der Waals surface area contributed by atoms with Crippen LogP contribution in [0.5, 0.6) is 0 Å². The van der Waals surface area contributed by atoms with Crippen molar-refractivity contribution in [1.29, 1.82) is 5.26 Å². The van der Waals surface area contributed by atoms with E-state index in [0.717, 1.165) is 12.1 Å². The fraction of sp³-hybridized carbons (Fsp3) is 0.0625. The molecule has 7 heteroatoms. The molecular weight excluding hydrogens is 305 g/mol. The first-order valence-electron chi connectivity index (χ1n) is 6.59. The summed E-state index contributed by atoms with van der Waals surface area (Å²) in [4.78, 5) is 1.17. The summed E-state index contributed by atoms with van der Waals surface area (Å²) >= 11 is 0. The van der Waals surface area contributed by atoms with Crippen LogP contribution in [0.4, 0.5) is 13.2 Å². The van der Waals surface area contributed by atoms with Crippen molar-refractivity contribution in [3.63, 3.8) is 0 Å². The quantitative estimate of drug-likeness (QED) is 0.672. The molecule has 4 nitrogen and oxygen atoms in total. The van der Waals surface area contributed by atoms with Crippen molar-refractivity contribution in [2.45, 2.75) is 6.18 Å². The van der Waals surface area contributed by atoms with E-state index < -0.39 is 11.7 Å². The Bertz CT molecular complexity index is 882. The molecule has 0 aliphatic carbocycles. The third kappa shape index (κ3) is 3.06. The van der Waals surface area contributed by atoms with E-state index in [0.29, 0.717) is 16.6 Å². The molecule has 0 atom stereocenters. The number of alkyl halides is 3. The van der Waals surface area contributed by atoms with Crippen LogP contribution in [0.2, 0.25) is 0 Å². The van der Waals surface area contributed by atoms with Crippen LogP contribution in [-0.2, 0) is 6.18 Å². The van der Waals surface area contributed by atoms with Crippen LogP contribution in [-0.4, -0.2) is 15.0 Å². The Morgan fingerprint density at radius 1 is 1.00 bits per heavy atom. The molecule has 2 aromatic carbocycles. The monoisotopic (exact) mass is 314 g/mol. The van der Waals surface area contributed by atoms with Crippen LogP contribution in [0.3, 0.4) is 0 Å². The van der Waals surface area contributed by atoms with Crippen LogP contribution in [0.25, 0.3) is 22.8 Å². The van der Waals surface area contributed by atoms with Crippen molar-refractivity contribution in [1.82, 2.24) is 15.0 Å². The van der Waals surface area contributed by atoms with Crippen LogP contribution in [0.15, 0.2) is 48.5 Å². The molecule has 0 radical (unpaired) electrons. The number of allylic oxidation sites excluding steroid dienone is 1. The molecule has 114 valence electrons. The Kier molecular flexibility index (Phi) is 3.58. The zero-order valence-electron chi connectivity index (χ0n) is 11.6. The minimum absolute atomic E-state index is 0.112. The van der Waals surface area contributed by atoms with Gasteiger partial charge in [0.15, 0.2) is 5.70 Å². The number of aromatic nitrogens is 3. The topological polar surface area (TPSA) is 54.5 Å². The summed E-state index contributed by atoms with van der Waals surface area (Å²) in [7, 11) is 0. The summed E-state index contributed by atoms with van der Waals surface area (Å²) in [5, 5.41) is 17.6. The Balaban J connectivity index is 1.97. The molecule has 1 heterocycles. The maximum absolute atomic E-state index is 12.5. The van der Waals surface area contributed by atoms with Gasteiger partial charge in [-0.25, -0.2) is 0 Å². The lowest BCUT2D eigenvalue weighted by Gasteiger charge is -2.06. The maximum atomic E-state index is 12.5. The highest BCUT2D eigenvalue weighted by Crippen LogP contribution is 2.29. The first-order valence-corrected chi connectivity index (χ1v) is 6.59. The van der Waals surface area contributed by atoms with Gasteiger partial charge in [-0.3, -0.25) is 0 Å². The lowest BCUT2D eigenvalue weighted by atomic mass is 10.1. The second-order valence-electron chi connectivity index (χ2n) is 4.74. The molecule has 3 rings (SSSR count). The minimum atomic E-state index is -4.39. The normalized spacial score (nSPS) is 12.3. The average molecular weight is 314 g/mol. The lowest BCUT2D eigenvalue weighted by Crippen LogP contribution is -2.04. The molecule has 0 N–H and O–H groups in total. The van der Waals surface area contributed by atoms with E-state index in [1.54, 1.807) is 24.3 Å². The van der Waals surface area contributed by atoms with Crippen molar-refractivity contribution in [2.24, 2.45) is 0 Å². The number of hydrogen-bond donors (Lipinski definition) is 0. The first kappa shape index (κ1) is 14.8. The largest absolute Gasteiger partial charge is 0.416 e. The van der Waals surface area contributed by atoms with E-state index >= 15 is 0 Å². The van der Waals surface area contributed by atoms with Gasteiger partial charge in [0.05, 0.1) is 5.56 Å². The molecule has 3 aromatic rings. The van der Waals surface area contributed by atoms with Crippen molar-refractivity contribution in [2.75, 3.05) is 0 Å². The van der Waals surface area contributed by atoms with Crippen LogP contribution in [0.1, 0.15) is 11.1 Å². The fourth-order valence-corrected chi connectivity index (χ4v) is 2.03. The van der Waals surface area contributed by atoms with E-state index in [2.05, 4.69) is 10.2 Å². The van der Waals surface area contributed by atoms with Crippen LogP contribution in [0, 0.1) is 11.3 Å². The van der Waals surface area contributed by atoms with Crippen molar-refractivity contribution in [3.05, 3.63) is 59.7 Å². The lowest BCUT2D eigenvalue weighted by molar-refractivity contribution is -0.137. The van der Waals surface area contributed by atoms with Gasteiger partial charge >= 0.3 is 6.18 Å². The number of fused-ring (bicyclic) bond motifs is 1. The van der Waals surface area contributed by atoms with Crippen molar-refractivity contribution in [3.8, 4) is 6.07 Å². The Labute approximate surface area is 129 Å². The maximum Gasteiger partial charge on any atom is 0.416 e. The van der Waals surface area contributed by atoms with Gasteiger partial charge in [-0.1, -0.05) is 24.3 Å². The zero-order chi connectivity index (χ0) is 16.4. The molecule has 0 bridgehead atoms. The van der Waals surface area contributed by atoms with Crippen molar-refractivity contribution >= 4 is 22.8 Å².